The number of morpholine rings is 1. The van der Waals surface area contributed by atoms with Gasteiger partial charge in [-0.05, 0) is 42.3 Å². The lowest BCUT2D eigenvalue weighted by Gasteiger charge is -2.27. The third kappa shape index (κ3) is 4.29. The molecule has 1 aliphatic heterocycles. The second-order valence-corrected chi connectivity index (χ2v) is 9.68. The van der Waals surface area contributed by atoms with Crippen LogP contribution >= 0.6 is 11.6 Å². The maximum Gasteiger partial charge on any atom is 0.337 e. The van der Waals surface area contributed by atoms with Gasteiger partial charge in [-0.15, -0.1) is 0 Å². The average Bonchev–Trinajstić information content (AvgIpc) is 2.80. The van der Waals surface area contributed by atoms with E-state index in [1.807, 2.05) is 6.92 Å². The summed E-state index contributed by atoms with van der Waals surface area (Å²) in [4.78, 5) is 16.2. The minimum Gasteiger partial charge on any atom is -0.478 e. The van der Waals surface area contributed by atoms with Crippen molar-refractivity contribution in [1.82, 2.24) is 9.29 Å². The second kappa shape index (κ2) is 9.03. The Morgan fingerprint density at radius 3 is 2.66 bits per heavy atom. The summed E-state index contributed by atoms with van der Waals surface area (Å²) < 4.78 is 33.6. The maximum absolute atomic E-state index is 13.5. The normalized spacial score (nSPS) is 15.1. The fraction of sp³-hybridized carbons (Fsp3) is 0.273. The van der Waals surface area contributed by atoms with E-state index in [-0.39, 0.29) is 34.9 Å². The van der Waals surface area contributed by atoms with E-state index in [0.717, 1.165) is 5.56 Å². The molecule has 1 aliphatic rings. The van der Waals surface area contributed by atoms with E-state index in [1.54, 1.807) is 36.4 Å². The molecule has 2 aromatic carbocycles. The third-order valence-corrected chi connectivity index (χ3v) is 7.51. The molecule has 1 fully saturated rings. The number of aromatic nitrogens is 1. The highest BCUT2D eigenvalue weighted by Crippen LogP contribution is 2.36. The van der Waals surface area contributed by atoms with Crippen LogP contribution in [0, 0.1) is 0 Å². The number of ether oxygens (including phenoxy) is 1. The summed E-state index contributed by atoms with van der Waals surface area (Å²) in [5.74, 6) is -1.11. The van der Waals surface area contributed by atoms with Gasteiger partial charge in [0.1, 0.15) is 4.90 Å². The molecule has 10 heteroatoms. The Kier molecular flexibility index (Phi) is 6.34. The Bertz CT molecular complexity index is 1290. The Hall–Kier alpha value is -2.72. The van der Waals surface area contributed by atoms with Crippen molar-refractivity contribution in [2.45, 2.75) is 18.2 Å². The molecule has 0 atom stereocenters. The number of fused-ring (bicyclic) bond motifs is 1. The number of benzene rings is 2. The van der Waals surface area contributed by atoms with Gasteiger partial charge in [0.25, 0.3) is 0 Å². The first kappa shape index (κ1) is 22.5. The number of nitrogens with one attached hydrogen (secondary N) is 1. The Labute approximate surface area is 190 Å². The first-order valence-electron chi connectivity index (χ1n) is 10.1. The molecule has 32 heavy (non-hydrogen) atoms. The van der Waals surface area contributed by atoms with Crippen molar-refractivity contribution in [2.24, 2.45) is 0 Å². The molecular weight excluding hydrogens is 454 g/mol. The Morgan fingerprint density at radius 1 is 1.22 bits per heavy atom. The molecule has 1 saturated heterocycles. The van der Waals surface area contributed by atoms with Crippen molar-refractivity contribution < 1.29 is 23.1 Å². The van der Waals surface area contributed by atoms with E-state index in [1.165, 1.54) is 10.5 Å². The largest absolute Gasteiger partial charge is 0.478 e. The van der Waals surface area contributed by atoms with Crippen LogP contribution in [0.15, 0.2) is 47.5 Å². The average molecular weight is 476 g/mol. The molecule has 1 aromatic heterocycles. The minimum atomic E-state index is -3.93. The number of rotatable bonds is 6. The van der Waals surface area contributed by atoms with Gasteiger partial charge in [-0.3, -0.25) is 4.98 Å². The van der Waals surface area contributed by atoms with Gasteiger partial charge in [-0.25, -0.2) is 13.2 Å². The summed E-state index contributed by atoms with van der Waals surface area (Å²) in [7, 11) is -3.93. The number of pyridine rings is 1. The minimum absolute atomic E-state index is 0.0473. The topological polar surface area (TPSA) is 109 Å². The van der Waals surface area contributed by atoms with Crippen LogP contribution in [0.2, 0.25) is 5.02 Å². The maximum atomic E-state index is 13.5. The quantitative estimate of drug-likeness (QED) is 0.556. The number of carboxylic acid groups (broad SMARTS) is 1. The van der Waals surface area contributed by atoms with Gasteiger partial charge in [-0.1, -0.05) is 24.6 Å². The fourth-order valence-corrected chi connectivity index (χ4v) is 5.31. The molecule has 0 spiro atoms. The predicted octanol–water partition coefficient (Wildman–Crippen LogP) is 3.91. The summed E-state index contributed by atoms with van der Waals surface area (Å²) in [6.07, 6.45) is 1.97. The van der Waals surface area contributed by atoms with Crippen LogP contribution in [0.4, 0.5) is 11.4 Å². The molecule has 0 aliphatic carbocycles. The third-order valence-electron chi connectivity index (χ3n) is 5.37. The van der Waals surface area contributed by atoms with Crippen LogP contribution in [-0.2, 0) is 21.2 Å². The molecule has 8 nitrogen and oxygen atoms in total. The van der Waals surface area contributed by atoms with Crippen LogP contribution in [0.3, 0.4) is 0 Å². The first-order chi connectivity index (χ1) is 15.3. The van der Waals surface area contributed by atoms with Crippen molar-refractivity contribution in [3.8, 4) is 0 Å². The summed E-state index contributed by atoms with van der Waals surface area (Å²) >= 11 is 6.20. The van der Waals surface area contributed by atoms with Crippen molar-refractivity contribution >= 4 is 49.9 Å². The van der Waals surface area contributed by atoms with Crippen molar-refractivity contribution in [3.63, 3.8) is 0 Å². The van der Waals surface area contributed by atoms with Crippen LogP contribution in [0.5, 0.6) is 0 Å². The van der Waals surface area contributed by atoms with Gasteiger partial charge in [0.15, 0.2) is 0 Å². The highest BCUT2D eigenvalue weighted by molar-refractivity contribution is 7.89. The number of sulfonamides is 1. The van der Waals surface area contributed by atoms with Crippen molar-refractivity contribution in [2.75, 3.05) is 31.6 Å². The zero-order chi connectivity index (χ0) is 22.9. The number of hydrogen-bond donors (Lipinski definition) is 2. The van der Waals surface area contributed by atoms with Gasteiger partial charge in [0.2, 0.25) is 10.0 Å². The highest BCUT2D eigenvalue weighted by atomic mass is 35.5. The molecule has 0 saturated carbocycles. The van der Waals surface area contributed by atoms with Gasteiger partial charge < -0.3 is 15.2 Å². The van der Waals surface area contributed by atoms with Gasteiger partial charge >= 0.3 is 5.97 Å². The first-order valence-corrected chi connectivity index (χ1v) is 11.9. The fourth-order valence-electron chi connectivity index (χ4n) is 3.63. The second-order valence-electron chi connectivity index (χ2n) is 7.34. The van der Waals surface area contributed by atoms with Crippen molar-refractivity contribution in [3.05, 3.63) is 58.7 Å². The van der Waals surface area contributed by atoms with Crippen LogP contribution in [-0.4, -0.2) is 55.1 Å². The highest BCUT2D eigenvalue weighted by Gasteiger charge is 2.30. The summed E-state index contributed by atoms with van der Waals surface area (Å²) in [5.41, 5.74) is 1.94. The molecule has 4 rings (SSSR count). The number of anilines is 2. The van der Waals surface area contributed by atoms with E-state index in [4.69, 9.17) is 16.3 Å². The zero-order valence-corrected chi connectivity index (χ0v) is 18.9. The zero-order valence-electron chi connectivity index (χ0n) is 17.3. The summed E-state index contributed by atoms with van der Waals surface area (Å²) in [5, 5.41) is 13.7. The molecule has 168 valence electrons. The van der Waals surface area contributed by atoms with E-state index >= 15 is 0 Å². The molecule has 2 heterocycles. The lowest BCUT2D eigenvalue weighted by atomic mass is 10.1. The number of aromatic carboxylic acids is 1. The predicted molar refractivity (Wildman–Crippen MR) is 122 cm³/mol. The molecular formula is C22H22ClN3O5S. The molecule has 2 N–H and O–H groups in total. The molecule has 0 radical (unpaired) electrons. The van der Waals surface area contributed by atoms with E-state index in [9.17, 15) is 18.3 Å². The number of hydrogen-bond acceptors (Lipinski definition) is 6. The number of carboxylic acids is 1. The molecule has 0 unspecified atom stereocenters. The molecule has 0 bridgehead atoms. The standard InChI is InChI=1S/C22H22ClN3O5S/c1-2-14-3-5-19(17(11-14)22(27)28)25-21-16-12-15(23)4-6-18(16)24-13-20(21)32(29,30)26-7-9-31-10-8-26/h3-6,11-13H,2,7-10H2,1H3,(H,24,25)(H,27,28). The van der Waals surface area contributed by atoms with Crippen LogP contribution in [0.25, 0.3) is 10.9 Å². The smallest absolute Gasteiger partial charge is 0.337 e. The number of carbonyl (C=O) groups is 1. The van der Waals surface area contributed by atoms with E-state index < -0.39 is 16.0 Å². The van der Waals surface area contributed by atoms with Crippen LogP contribution < -0.4 is 5.32 Å². The Balaban J connectivity index is 1.92. The van der Waals surface area contributed by atoms with Gasteiger partial charge in [0.05, 0.1) is 35.7 Å². The van der Waals surface area contributed by atoms with Crippen LogP contribution in [0.1, 0.15) is 22.8 Å². The number of halogens is 1. The lowest BCUT2D eigenvalue weighted by molar-refractivity contribution is 0.0698. The molecule has 3 aromatic rings. The number of aryl methyl sites for hydroxylation is 1. The van der Waals surface area contributed by atoms with Gasteiger partial charge in [-0.2, -0.15) is 4.31 Å². The van der Waals surface area contributed by atoms with Gasteiger partial charge in [0, 0.05) is 29.7 Å². The molecule has 0 amide bonds. The van der Waals surface area contributed by atoms with Crippen molar-refractivity contribution in [1.29, 1.82) is 0 Å². The number of nitrogens with zero attached hydrogens (tertiary/aromatic N) is 2. The summed E-state index contributed by atoms with van der Waals surface area (Å²) in [6, 6.07) is 10.00. The summed E-state index contributed by atoms with van der Waals surface area (Å²) in [6.45, 7) is 2.98. The van der Waals surface area contributed by atoms with E-state index in [2.05, 4.69) is 10.3 Å². The lowest BCUT2D eigenvalue weighted by Crippen LogP contribution is -2.40. The monoisotopic (exact) mass is 475 g/mol. The Morgan fingerprint density at radius 2 is 1.97 bits per heavy atom. The SMILES string of the molecule is CCc1ccc(Nc2c(S(=O)(=O)N3CCOCC3)cnc3ccc(Cl)cc23)c(C(=O)O)c1. The van der Waals surface area contributed by atoms with E-state index in [0.29, 0.717) is 35.6 Å².